The van der Waals surface area contributed by atoms with E-state index >= 15 is 0 Å². The molecular weight excluding hydrogens is 287 g/mol. The van der Waals surface area contributed by atoms with E-state index in [4.69, 9.17) is 9.47 Å². The first-order valence-corrected chi connectivity index (χ1v) is 6.76. The molecule has 0 radical (unpaired) electrons. The van der Waals surface area contributed by atoms with Gasteiger partial charge in [-0.1, -0.05) is 15.9 Å². The maximum atomic E-state index is 14.1. The molecule has 2 bridgehead atoms. The normalized spacial score (nSPS) is 32.4. The van der Waals surface area contributed by atoms with Crippen LogP contribution < -0.4 is 0 Å². The zero-order valence-electron chi connectivity index (χ0n) is 9.21. The molecule has 90 valence electrons. The van der Waals surface area contributed by atoms with Gasteiger partial charge in [0.25, 0.3) is 0 Å². The number of hydrogen-bond donors (Lipinski definition) is 0. The lowest BCUT2D eigenvalue weighted by molar-refractivity contribution is -0.166. The molecule has 1 aliphatic heterocycles. The van der Waals surface area contributed by atoms with Crippen LogP contribution >= 0.6 is 15.9 Å². The van der Waals surface area contributed by atoms with Crippen molar-refractivity contribution in [2.45, 2.75) is 30.5 Å². The van der Waals surface area contributed by atoms with E-state index in [1.54, 1.807) is 6.07 Å². The van der Waals surface area contributed by atoms with Gasteiger partial charge < -0.3 is 9.47 Å². The molecule has 1 saturated heterocycles. The molecule has 1 spiro atoms. The highest BCUT2D eigenvalue weighted by Gasteiger charge is 2.58. The molecular formula is C13H12BrFO2. The van der Waals surface area contributed by atoms with Crippen LogP contribution in [0.1, 0.15) is 35.8 Å². The molecule has 2 fully saturated rings. The van der Waals surface area contributed by atoms with Crippen molar-refractivity contribution in [3.63, 3.8) is 0 Å². The summed E-state index contributed by atoms with van der Waals surface area (Å²) in [4.78, 5) is 0. The highest BCUT2D eigenvalue weighted by Crippen LogP contribution is 2.61. The summed E-state index contributed by atoms with van der Waals surface area (Å²) in [6, 6.07) is 3.59. The summed E-state index contributed by atoms with van der Waals surface area (Å²) in [5, 5.41) is 0. The van der Waals surface area contributed by atoms with Crippen molar-refractivity contribution in [1.82, 2.24) is 0 Å². The van der Waals surface area contributed by atoms with E-state index in [-0.39, 0.29) is 11.7 Å². The van der Waals surface area contributed by atoms with Gasteiger partial charge in [-0.25, -0.2) is 4.39 Å². The highest BCUT2D eigenvalue weighted by atomic mass is 79.9. The molecule has 2 unspecified atom stereocenters. The van der Waals surface area contributed by atoms with Gasteiger partial charge in [0.1, 0.15) is 5.82 Å². The quantitative estimate of drug-likeness (QED) is 0.732. The first-order valence-electron chi connectivity index (χ1n) is 5.96. The Bertz CT molecular complexity index is 496. The predicted octanol–water partition coefficient (Wildman–Crippen LogP) is 3.31. The number of ether oxygens (including phenoxy) is 2. The van der Waals surface area contributed by atoms with E-state index in [9.17, 15) is 4.39 Å². The van der Waals surface area contributed by atoms with Gasteiger partial charge in [0.15, 0.2) is 5.79 Å². The first kappa shape index (κ1) is 10.5. The standard InChI is InChI=1S/C13H12BrFO2/c14-8-4-9-7-3-10(12(9)11(15)5-8)13(6-7)16-1-2-17-13/h4-5,7,10H,1-3,6H2. The van der Waals surface area contributed by atoms with Crippen molar-refractivity contribution in [3.8, 4) is 0 Å². The van der Waals surface area contributed by atoms with Gasteiger partial charge in [-0.2, -0.15) is 0 Å². The number of rotatable bonds is 0. The third-order valence-electron chi connectivity index (χ3n) is 4.27. The zero-order valence-corrected chi connectivity index (χ0v) is 10.8. The van der Waals surface area contributed by atoms with Crippen LogP contribution in [-0.2, 0) is 9.47 Å². The summed E-state index contributed by atoms with van der Waals surface area (Å²) in [5.41, 5.74) is 1.97. The second-order valence-electron chi connectivity index (χ2n) is 5.09. The molecule has 2 nitrogen and oxygen atoms in total. The average molecular weight is 299 g/mol. The van der Waals surface area contributed by atoms with E-state index in [1.807, 2.05) is 6.07 Å². The van der Waals surface area contributed by atoms with E-state index in [0.29, 0.717) is 19.1 Å². The second-order valence-corrected chi connectivity index (χ2v) is 6.00. The smallest absolute Gasteiger partial charge is 0.175 e. The van der Waals surface area contributed by atoms with Gasteiger partial charge in [-0.3, -0.25) is 0 Å². The number of hydrogen-bond acceptors (Lipinski definition) is 2. The van der Waals surface area contributed by atoms with Gasteiger partial charge in [0, 0.05) is 16.8 Å². The Balaban J connectivity index is 1.87. The third kappa shape index (κ3) is 1.26. The molecule has 1 saturated carbocycles. The molecule has 0 amide bonds. The van der Waals surface area contributed by atoms with Crippen LogP contribution in [0.15, 0.2) is 16.6 Å². The molecule has 1 aromatic rings. The van der Waals surface area contributed by atoms with Gasteiger partial charge in [0.05, 0.1) is 13.2 Å². The Kier molecular flexibility index (Phi) is 2.04. The van der Waals surface area contributed by atoms with Crippen LogP contribution in [0.4, 0.5) is 4.39 Å². The second kappa shape index (κ2) is 3.31. The van der Waals surface area contributed by atoms with Crippen LogP contribution in [0.5, 0.6) is 0 Å². The number of fused-ring (bicyclic) bond motifs is 6. The molecule has 2 aliphatic carbocycles. The van der Waals surface area contributed by atoms with E-state index in [2.05, 4.69) is 15.9 Å². The highest BCUT2D eigenvalue weighted by molar-refractivity contribution is 9.10. The molecule has 1 aromatic carbocycles. The fourth-order valence-corrected chi connectivity index (χ4v) is 4.16. The third-order valence-corrected chi connectivity index (χ3v) is 4.73. The lowest BCUT2D eigenvalue weighted by atomic mass is 9.87. The first-order chi connectivity index (χ1) is 8.20. The predicted molar refractivity (Wildman–Crippen MR) is 63.5 cm³/mol. The van der Waals surface area contributed by atoms with Gasteiger partial charge in [0.2, 0.25) is 0 Å². The van der Waals surface area contributed by atoms with E-state index in [0.717, 1.165) is 28.4 Å². The van der Waals surface area contributed by atoms with Crippen molar-refractivity contribution in [2.75, 3.05) is 13.2 Å². The van der Waals surface area contributed by atoms with E-state index < -0.39 is 5.79 Å². The molecule has 1 heterocycles. The zero-order chi connectivity index (χ0) is 11.6. The summed E-state index contributed by atoms with van der Waals surface area (Å²) in [5.74, 6) is -0.176. The fraction of sp³-hybridized carbons (Fsp3) is 0.538. The number of halogens is 2. The van der Waals surface area contributed by atoms with Crippen LogP contribution in [0, 0.1) is 5.82 Å². The van der Waals surface area contributed by atoms with Gasteiger partial charge in [-0.05, 0) is 35.6 Å². The van der Waals surface area contributed by atoms with E-state index in [1.165, 1.54) is 0 Å². The van der Waals surface area contributed by atoms with Crippen molar-refractivity contribution in [2.24, 2.45) is 0 Å². The molecule has 3 aliphatic rings. The monoisotopic (exact) mass is 298 g/mol. The molecule has 0 N–H and O–H groups in total. The lowest BCUT2D eigenvalue weighted by Crippen LogP contribution is -2.35. The number of benzene rings is 1. The van der Waals surface area contributed by atoms with Crippen molar-refractivity contribution >= 4 is 15.9 Å². The van der Waals surface area contributed by atoms with Crippen LogP contribution in [-0.4, -0.2) is 19.0 Å². The maximum absolute atomic E-state index is 14.1. The van der Waals surface area contributed by atoms with Crippen LogP contribution in [0.3, 0.4) is 0 Å². The Labute approximate surface area is 107 Å². The summed E-state index contributed by atoms with van der Waals surface area (Å²) < 4.78 is 26.5. The van der Waals surface area contributed by atoms with Crippen molar-refractivity contribution in [1.29, 1.82) is 0 Å². The van der Waals surface area contributed by atoms with Gasteiger partial charge >= 0.3 is 0 Å². The summed E-state index contributed by atoms with van der Waals surface area (Å²) in [7, 11) is 0. The Morgan fingerprint density at radius 1 is 1.29 bits per heavy atom. The largest absolute Gasteiger partial charge is 0.347 e. The molecule has 2 atom stereocenters. The van der Waals surface area contributed by atoms with Crippen molar-refractivity contribution < 1.29 is 13.9 Å². The SMILES string of the molecule is Fc1cc(Br)cc2c1C1CC2CC12OCCO2. The van der Waals surface area contributed by atoms with Crippen molar-refractivity contribution in [3.05, 3.63) is 33.5 Å². The topological polar surface area (TPSA) is 18.5 Å². The Morgan fingerprint density at radius 2 is 2.06 bits per heavy atom. The Morgan fingerprint density at radius 3 is 2.82 bits per heavy atom. The maximum Gasteiger partial charge on any atom is 0.175 e. The molecule has 4 rings (SSSR count). The Hall–Kier alpha value is -0.450. The molecule has 17 heavy (non-hydrogen) atoms. The van der Waals surface area contributed by atoms with Crippen LogP contribution in [0.25, 0.3) is 0 Å². The summed E-state index contributed by atoms with van der Waals surface area (Å²) in [6.45, 7) is 1.27. The van der Waals surface area contributed by atoms with Gasteiger partial charge in [-0.15, -0.1) is 0 Å². The molecule has 4 heteroatoms. The fourth-order valence-electron chi connectivity index (χ4n) is 3.71. The average Bonchev–Trinajstić information content (AvgIpc) is 2.94. The minimum Gasteiger partial charge on any atom is -0.347 e. The lowest BCUT2D eigenvalue weighted by Gasteiger charge is -2.33. The van der Waals surface area contributed by atoms with Crippen LogP contribution in [0.2, 0.25) is 0 Å². The minimum atomic E-state index is -0.521. The molecule has 0 aromatic heterocycles. The summed E-state index contributed by atoms with van der Waals surface area (Å²) in [6.07, 6.45) is 1.84. The summed E-state index contributed by atoms with van der Waals surface area (Å²) >= 11 is 3.36. The minimum absolute atomic E-state index is 0.0816.